The van der Waals surface area contributed by atoms with E-state index in [1.54, 1.807) is 18.3 Å². The van der Waals surface area contributed by atoms with Crippen LogP contribution in [-0.4, -0.2) is 9.91 Å². The Hall–Kier alpha value is -2.21. The molecule has 1 atom stereocenters. The maximum Gasteiger partial charge on any atom is 0.269 e. The zero-order valence-corrected chi connectivity index (χ0v) is 9.87. The molecule has 0 aliphatic heterocycles. The van der Waals surface area contributed by atoms with E-state index in [-0.39, 0.29) is 11.7 Å². The van der Waals surface area contributed by atoms with Crippen molar-refractivity contribution in [3.63, 3.8) is 0 Å². The second-order valence-electron chi connectivity index (χ2n) is 3.92. The first-order valence-corrected chi connectivity index (χ1v) is 5.52. The van der Waals surface area contributed by atoms with E-state index in [9.17, 15) is 10.1 Å². The SMILES string of the molecule is CC(NCc1cnco1)c1cccc([N+](=O)[O-])c1. The molecule has 6 heteroatoms. The minimum absolute atomic E-state index is 0.00463. The molecule has 2 rings (SSSR count). The molecule has 0 spiro atoms. The molecular formula is C12H13N3O3. The van der Waals surface area contributed by atoms with Crippen molar-refractivity contribution in [3.8, 4) is 0 Å². The van der Waals surface area contributed by atoms with Crippen LogP contribution in [0, 0.1) is 10.1 Å². The summed E-state index contributed by atoms with van der Waals surface area (Å²) in [5.74, 6) is 0.729. The molecule has 0 fully saturated rings. The Morgan fingerprint density at radius 3 is 3.06 bits per heavy atom. The number of nitro benzene ring substituents is 1. The standard InChI is InChI=1S/C12H13N3O3/c1-9(14-7-12-6-13-8-18-12)10-3-2-4-11(5-10)15(16)17/h2-6,8-9,14H,7H2,1H3. The van der Waals surface area contributed by atoms with Crippen molar-refractivity contribution in [2.45, 2.75) is 19.5 Å². The van der Waals surface area contributed by atoms with E-state index in [1.165, 1.54) is 12.5 Å². The maximum absolute atomic E-state index is 10.7. The molecular weight excluding hydrogens is 234 g/mol. The van der Waals surface area contributed by atoms with Crippen LogP contribution in [0.5, 0.6) is 0 Å². The summed E-state index contributed by atoms with van der Waals surface area (Å²) in [5.41, 5.74) is 0.963. The van der Waals surface area contributed by atoms with Crippen molar-refractivity contribution in [1.29, 1.82) is 0 Å². The van der Waals surface area contributed by atoms with E-state index >= 15 is 0 Å². The van der Waals surface area contributed by atoms with Gasteiger partial charge in [-0.2, -0.15) is 0 Å². The highest BCUT2D eigenvalue weighted by Crippen LogP contribution is 2.19. The number of non-ortho nitro benzene ring substituents is 1. The molecule has 6 nitrogen and oxygen atoms in total. The van der Waals surface area contributed by atoms with Crippen molar-refractivity contribution in [2.75, 3.05) is 0 Å². The molecule has 1 unspecified atom stereocenters. The fraction of sp³-hybridized carbons (Fsp3) is 0.250. The zero-order chi connectivity index (χ0) is 13.0. The number of hydrogen-bond donors (Lipinski definition) is 1. The van der Waals surface area contributed by atoms with Gasteiger partial charge in [0, 0.05) is 18.2 Å². The Morgan fingerprint density at radius 2 is 2.39 bits per heavy atom. The highest BCUT2D eigenvalue weighted by molar-refractivity contribution is 5.35. The van der Waals surface area contributed by atoms with Gasteiger partial charge in [-0.05, 0) is 12.5 Å². The first-order chi connectivity index (χ1) is 8.66. The molecule has 1 heterocycles. The third kappa shape index (κ3) is 2.92. The topological polar surface area (TPSA) is 81.2 Å². The maximum atomic E-state index is 10.7. The molecule has 0 saturated heterocycles. The largest absolute Gasteiger partial charge is 0.447 e. The summed E-state index contributed by atoms with van der Waals surface area (Å²) >= 11 is 0. The summed E-state index contributed by atoms with van der Waals surface area (Å²) in [7, 11) is 0. The average Bonchev–Trinajstić information content (AvgIpc) is 2.89. The highest BCUT2D eigenvalue weighted by atomic mass is 16.6. The highest BCUT2D eigenvalue weighted by Gasteiger charge is 2.10. The minimum atomic E-state index is -0.396. The van der Waals surface area contributed by atoms with Gasteiger partial charge in [-0.15, -0.1) is 0 Å². The van der Waals surface area contributed by atoms with Gasteiger partial charge in [0.25, 0.3) is 5.69 Å². The molecule has 1 N–H and O–H groups in total. The van der Waals surface area contributed by atoms with Gasteiger partial charge >= 0.3 is 0 Å². The van der Waals surface area contributed by atoms with Gasteiger partial charge in [0.15, 0.2) is 6.39 Å². The van der Waals surface area contributed by atoms with E-state index in [1.807, 2.05) is 13.0 Å². The first-order valence-electron chi connectivity index (χ1n) is 5.52. The van der Waals surface area contributed by atoms with Gasteiger partial charge in [-0.1, -0.05) is 12.1 Å². The average molecular weight is 247 g/mol. The lowest BCUT2D eigenvalue weighted by atomic mass is 10.1. The summed E-state index contributed by atoms with van der Waals surface area (Å²) < 4.78 is 5.10. The predicted molar refractivity (Wildman–Crippen MR) is 64.9 cm³/mol. The lowest BCUT2D eigenvalue weighted by molar-refractivity contribution is -0.384. The third-order valence-corrected chi connectivity index (χ3v) is 2.65. The summed E-state index contributed by atoms with van der Waals surface area (Å²) in [6.45, 7) is 2.47. The van der Waals surface area contributed by atoms with E-state index < -0.39 is 4.92 Å². The second-order valence-corrected chi connectivity index (χ2v) is 3.92. The van der Waals surface area contributed by atoms with Gasteiger partial charge in [-0.25, -0.2) is 4.98 Å². The monoisotopic (exact) mass is 247 g/mol. The first kappa shape index (κ1) is 12.3. The Morgan fingerprint density at radius 1 is 1.56 bits per heavy atom. The molecule has 0 aliphatic carbocycles. The summed E-state index contributed by atoms with van der Waals surface area (Å²) in [6, 6.07) is 6.57. The minimum Gasteiger partial charge on any atom is -0.447 e. The van der Waals surface area contributed by atoms with E-state index in [2.05, 4.69) is 10.3 Å². The van der Waals surface area contributed by atoms with E-state index in [0.717, 1.165) is 11.3 Å². The number of aromatic nitrogens is 1. The lowest BCUT2D eigenvalue weighted by Gasteiger charge is -2.12. The number of rotatable bonds is 5. The molecule has 0 amide bonds. The van der Waals surface area contributed by atoms with Gasteiger partial charge in [0.1, 0.15) is 5.76 Å². The molecule has 2 aromatic rings. The number of nitro groups is 1. The van der Waals surface area contributed by atoms with Crippen molar-refractivity contribution < 1.29 is 9.34 Å². The van der Waals surface area contributed by atoms with Gasteiger partial charge in [0.05, 0.1) is 17.7 Å². The Kier molecular flexibility index (Phi) is 3.69. The molecule has 18 heavy (non-hydrogen) atoms. The fourth-order valence-electron chi connectivity index (χ4n) is 1.61. The predicted octanol–water partition coefficient (Wildman–Crippen LogP) is 2.43. The van der Waals surface area contributed by atoms with Crippen LogP contribution in [0.4, 0.5) is 5.69 Å². The Bertz CT molecular complexity index is 525. The molecule has 1 aromatic heterocycles. The second kappa shape index (κ2) is 5.42. The zero-order valence-electron chi connectivity index (χ0n) is 9.87. The molecule has 0 bridgehead atoms. The van der Waals surface area contributed by atoms with Crippen LogP contribution in [0.15, 0.2) is 41.3 Å². The van der Waals surface area contributed by atoms with Crippen LogP contribution < -0.4 is 5.32 Å². The van der Waals surface area contributed by atoms with Crippen molar-refractivity contribution in [2.24, 2.45) is 0 Å². The summed E-state index contributed by atoms with van der Waals surface area (Å²) in [5, 5.41) is 13.9. The van der Waals surface area contributed by atoms with Crippen LogP contribution in [-0.2, 0) is 6.54 Å². The van der Waals surface area contributed by atoms with Gasteiger partial charge in [-0.3, -0.25) is 10.1 Å². The number of nitrogens with zero attached hydrogens (tertiary/aromatic N) is 2. The number of oxazole rings is 1. The molecule has 1 aromatic carbocycles. The van der Waals surface area contributed by atoms with Crippen molar-refractivity contribution >= 4 is 5.69 Å². The van der Waals surface area contributed by atoms with Gasteiger partial charge < -0.3 is 9.73 Å². The van der Waals surface area contributed by atoms with Gasteiger partial charge in [0.2, 0.25) is 0 Å². The Balaban J connectivity index is 2.02. The normalized spacial score (nSPS) is 12.3. The van der Waals surface area contributed by atoms with Crippen molar-refractivity contribution in [3.05, 3.63) is 58.3 Å². The fourth-order valence-corrected chi connectivity index (χ4v) is 1.61. The van der Waals surface area contributed by atoms with Crippen LogP contribution in [0.3, 0.4) is 0 Å². The Labute approximate surface area is 104 Å². The summed E-state index contributed by atoms with van der Waals surface area (Å²) in [4.78, 5) is 14.1. The smallest absolute Gasteiger partial charge is 0.269 e. The molecule has 94 valence electrons. The van der Waals surface area contributed by atoms with E-state index in [4.69, 9.17) is 4.42 Å². The summed E-state index contributed by atoms with van der Waals surface area (Å²) in [6.07, 6.45) is 3.00. The quantitative estimate of drug-likeness (QED) is 0.648. The lowest BCUT2D eigenvalue weighted by Crippen LogP contribution is -2.17. The number of benzene rings is 1. The van der Waals surface area contributed by atoms with Crippen LogP contribution in [0.2, 0.25) is 0 Å². The van der Waals surface area contributed by atoms with Crippen LogP contribution >= 0.6 is 0 Å². The molecule has 0 radical (unpaired) electrons. The van der Waals surface area contributed by atoms with E-state index in [0.29, 0.717) is 6.54 Å². The molecule has 0 aliphatic rings. The van der Waals surface area contributed by atoms with Crippen LogP contribution in [0.25, 0.3) is 0 Å². The van der Waals surface area contributed by atoms with Crippen LogP contribution in [0.1, 0.15) is 24.3 Å². The van der Waals surface area contributed by atoms with Crippen molar-refractivity contribution in [1.82, 2.24) is 10.3 Å². The molecule has 0 saturated carbocycles. The third-order valence-electron chi connectivity index (χ3n) is 2.65. The number of nitrogens with one attached hydrogen (secondary N) is 1. The number of hydrogen-bond acceptors (Lipinski definition) is 5.